The monoisotopic (exact) mass is 313 g/mol. The van der Waals surface area contributed by atoms with E-state index in [0.717, 1.165) is 22.5 Å². The Bertz CT molecular complexity index is 341. The molecule has 0 heterocycles. The Labute approximate surface area is 119 Å². The number of nitrogens with one attached hydrogen (secondary N) is 1. The van der Waals surface area contributed by atoms with Crippen LogP contribution < -0.4 is 5.32 Å². The van der Waals surface area contributed by atoms with E-state index in [-0.39, 0.29) is 0 Å². The highest BCUT2D eigenvalue weighted by Crippen LogP contribution is 2.17. The molecule has 102 valence electrons. The van der Waals surface area contributed by atoms with Crippen LogP contribution in [0.3, 0.4) is 0 Å². The van der Waals surface area contributed by atoms with Gasteiger partial charge in [-0.25, -0.2) is 0 Å². The van der Waals surface area contributed by atoms with Gasteiger partial charge in [-0.1, -0.05) is 54.8 Å². The SMILES string of the molecule is CC(C)CCCCNCC(O)c1cccc(Br)c1. The van der Waals surface area contributed by atoms with Crippen LogP contribution in [0.15, 0.2) is 28.7 Å². The van der Waals surface area contributed by atoms with E-state index in [1.807, 2.05) is 24.3 Å². The summed E-state index contributed by atoms with van der Waals surface area (Å²) in [6, 6.07) is 7.84. The van der Waals surface area contributed by atoms with Crippen molar-refractivity contribution in [3.8, 4) is 0 Å². The fourth-order valence-electron chi connectivity index (χ4n) is 1.87. The molecule has 0 fully saturated rings. The molecule has 0 radical (unpaired) electrons. The van der Waals surface area contributed by atoms with Crippen molar-refractivity contribution in [2.75, 3.05) is 13.1 Å². The first-order valence-corrected chi connectivity index (χ1v) is 7.53. The van der Waals surface area contributed by atoms with Crippen molar-refractivity contribution in [2.24, 2.45) is 5.92 Å². The molecule has 0 aliphatic carbocycles. The first-order valence-electron chi connectivity index (χ1n) is 6.74. The van der Waals surface area contributed by atoms with Gasteiger partial charge in [0.1, 0.15) is 0 Å². The van der Waals surface area contributed by atoms with E-state index in [9.17, 15) is 5.11 Å². The van der Waals surface area contributed by atoms with Gasteiger partial charge in [0, 0.05) is 11.0 Å². The summed E-state index contributed by atoms with van der Waals surface area (Å²) >= 11 is 3.41. The van der Waals surface area contributed by atoms with Crippen molar-refractivity contribution in [3.63, 3.8) is 0 Å². The quantitative estimate of drug-likeness (QED) is 0.713. The van der Waals surface area contributed by atoms with Gasteiger partial charge in [0.05, 0.1) is 6.10 Å². The maximum Gasteiger partial charge on any atom is 0.0914 e. The van der Waals surface area contributed by atoms with E-state index in [1.165, 1.54) is 19.3 Å². The van der Waals surface area contributed by atoms with Crippen LogP contribution >= 0.6 is 15.9 Å². The van der Waals surface area contributed by atoms with Gasteiger partial charge >= 0.3 is 0 Å². The predicted molar refractivity (Wildman–Crippen MR) is 80.7 cm³/mol. The molecule has 1 aromatic carbocycles. The van der Waals surface area contributed by atoms with Crippen LogP contribution in [0.4, 0.5) is 0 Å². The first kappa shape index (κ1) is 15.7. The van der Waals surface area contributed by atoms with E-state index in [1.54, 1.807) is 0 Å². The van der Waals surface area contributed by atoms with Crippen LogP contribution in [0.2, 0.25) is 0 Å². The molecule has 1 atom stereocenters. The molecular formula is C15H24BrNO. The van der Waals surface area contributed by atoms with E-state index < -0.39 is 6.10 Å². The van der Waals surface area contributed by atoms with Crippen molar-refractivity contribution in [3.05, 3.63) is 34.3 Å². The summed E-state index contributed by atoms with van der Waals surface area (Å²) in [5.74, 6) is 0.789. The molecule has 18 heavy (non-hydrogen) atoms. The molecule has 1 unspecified atom stereocenters. The molecule has 3 heteroatoms. The maximum atomic E-state index is 10.0. The predicted octanol–water partition coefficient (Wildman–Crippen LogP) is 3.90. The number of halogens is 1. The number of aliphatic hydroxyl groups excluding tert-OH is 1. The fourth-order valence-corrected chi connectivity index (χ4v) is 2.29. The molecule has 2 nitrogen and oxygen atoms in total. The number of aliphatic hydroxyl groups is 1. The molecule has 0 bridgehead atoms. The van der Waals surface area contributed by atoms with Gasteiger partial charge in [0.2, 0.25) is 0 Å². The highest BCUT2D eigenvalue weighted by Gasteiger charge is 2.06. The third-order valence-electron chi connectivity index (χ3n) is 2.96. The Morgan fingerprint density at radius 3 is 2.72 bits per heavy atom. The molecule has 1 rings (SSSR count). The van der Waals surface area contributed by atoms with Gasteiger partial charge in [0.25, 0.3) is 0 Å². The fraction of sp³-hybridized carbons (Fsp3) is 0.600. The Balaban J connectivity index is 2.15. The van der Waals surface area contributed by atoms with Crippen LogP contribution in [0.25, 0.3) is 0 Å². The molecule has 2 N–H and O–H groups in total. The van der Waals surface area contributed by atoms with Crippen molar-refractivity contribution in [1.29, 1.82) is 0 Å². The molecule has 0 aromatic heterocycles. The second-order valence-electron chi connectivity index (χ2n) is 5.16. The third-order valence-corrected chi connectivity index (χ3v) is 3.45. The summed E-state index contributed by atoms with van der Waals surface area (Å²) in [4.78, 5) is 0. The minimum atomic E-state index is -0.424. The van der Waals surface area contributed by atoms with E-state index >= 15 is 0 Å². The molecular weight excluding hydrogens is 290 g/mol. The Morgan fingerprint density at radius 2 is 2.06 bits per heavy atom. The van der Waals surface area contributed by atoms with Gasteiger partial charge in [-0.05, 0) is 36.6 Å². The topological polar surface area (TPSA) is 32.3 Å². The van der Waals surface area contributed by atoms with Crippen molar-refractivity contribution < 1.29 is 5.11 Å². The van der Waals surface area contributed by atoms with Crippen molar-refractivity contribution >= 4 is 15.9 Å². The Hall–Kier alpha value is -0.380. The smallest absolute Gasteiger partial charge is 0.0914 e. The number of unbranched alkanes of at least 4 members (excludes halogenated alkanes) is 1. The summed E-state index contributed by atoms with van der Waals surface area (Å²) in [5.41, 5.74) is 0.957. The lowest BCUT2D eigenvalue weighted by molar-refractivity contribution is 0.174. The average molecular weight is 314 g/mol. The highest BCUT2D eigenvalue weighted by atomic mass is 79.9. The summed E-state index contributed by atoms with van der Waals surface area (Å²) in [5, 5.41) is 13.3. The second kappa shape index (κ2) is 8.68. The lowest BCUT2D eigenvalue weighted by Crippen LogP contribution is -2.22. The number of benzene rings is 1. The third kappa shape index (κ3) is 6.53. The van der Waals surface area contributed by atoms with Crippen LogP contribution in [-0.4, -0.2) is 18.2 Å². The minimum Gasteiger partial charge on any atom is -0.387 e. The second-order valence-corrected chi connectivity index (χ2v) is 6.08. The van der Waals surface area contributed by atoms with E-state index in [0.29, 0.717) is 6.54 Å². The molecule has 1 aromatic rings. The first-order chi connectivity index (χ1) is 8.59. The zero-order valence-corrected chi connectivity index (χ0v) is 12.9. The number of rotatable bonds is 8. The summed E-state index contributed by atoms with van der Waals surface area (Å²) in [6.45, 7) is 6.12. The van der Waals surface area contributed by atoms with Gasteiger partial charge in [0.15, 0.2) is 0 Å². The summed E-state index contributed by atoms with van der Waals surface area (Å²) in [7, 11) is 0. The molecule has 0 aliphatic heterocycles. The summed E-state index contributed by atoms with van der Waals surface area (Å²) in [6.07, 6.45) is 3.31. The normalized spacial score (nSPS) is 12.9. The zero-order valence-electron chi connectivity index (χ0n) is 11.3. The molecule has 0 saturated heterocycles. The van der Waals surface area contributed by atoms with E-state index in [4.69, 9.17) is 0 Å². The van der Waals surface area contributed by atoms with Crippen molar-refractivity contribution in [2.45, 2.75) is 39.2 Å². The van der Waals surface area contributed by atoms with E-state index in [2.05, 4.69) is 35.1 Å². The summed E-state index contributed by atoms with van der Waals surface area (Å²) < 4.78 is 1.01. The van der Waals surface area contributed by atoms with Gasteiger partial charge in [-0.15, -0.1) is 0 Å². The van der Waals surface area contributed by atoms with Crippen molar-refractivity contribution in [1.82, 2.24) is 5.32 Å². The number of hydrogen-bond donors (Lipinski definition) is 2. The Morgan fingerprint density at radius 1 is 1.28 bits per heavy atom. The molecule has 0 saturated carbocycles. The number of hydrogen-bond acceptors (Lipinski definition) is 2. The average Bonchev–Trinajstić information content (AvgIpc) is 2.33. The van der Waals surface area contributed by atoms with Crippen LogP contribution in [0.5, 0.6) is 0 Å². The van der Waals surface area contributed by atoms with Gasteiger partial charge in [-0.2, -0.15) is 0 Å². The standard InChI is InChI=1S/C15H24BrNO/c1-12(2)6-3-4-9-17-11-15(18)13-7-5-8-14(16)10-13/h5,7-8,10,12,15,17-18H,3-4,6,9,11H2,1-2H3. The lowest BCUT2D eigenvalue weighted by atomic mass is 10.1. The zero-order chi connectivity index (χ0) is 13.4. The lowest BCUT2D eigenvalue weighted by Gasteiger charge is -2.12. The van der Waals surface area contributed by atoms with Crippen LogP contribution in [0.1, 0.15) is 44.8 Å². The molecule has 0 spiro atoms. The van der Waals surface area contributed by atoms with Crippen LogP contribution in [0, 0.1) is 5.92 Å². The Kier molecular flexibility index (Phi) is 7.56. The van der Waals surface area contributed by atoms with Crippen LogP contribution in [-0.2, 0) is 0 Å². The minimum absolute atomic E-state index is 0.424. The van der Waals surface area contributed by atoms with Gasteiger partial charge in [-0.3, -0.25) is 0 Å². The maximum absolute atomic E-state index is 10.0. The molecule has 0 aliphatic rings. The highest BCUT2D eigenvalue weighted by molar-refractivity contribution is 9.10. The largest absolute Gasteiger partial charge is 0.387 e. The van der Waals surface area contributed by atoms with Gasteiger partial charge < -0.3 is 10.4 Å². The molecule has 0 amide bonds.